The summed E-state index contributed by atoms with van der Waals surface area (Å²) in [7, 11) is 0. The largest absolute Gasteiger partial charge is 0.456 e. The Labute approximate surface area is 174 Å². The van der Waals surface area contributed by atoms with Crippen molar-refractivity contribution in [2.75, 3.05) is 4.90 Å². The van der Waals surface area contributed by atoms with Crippen LogP contribution in [0.4, 0.5) is 10.8 Å². The van der Waals surface area contributed by atoms with Gasteiger partial charge in [-0.05, 0) is 37.1 Å². The molecule has 0 N–H and O–H groups in total. The molecule has 1 heterocycles. The highest BCUT2D eigenvalue weighted by Crippen LogP contribution is 2.31. The van der Waals surface area contributed by atoms with Gasteiger partial charge in [0.2, 0.25) is 5.91 Å². The van der Waals surface area contributed by atoms with Gasteiger partial charge in [-0.2, -0.15) is 0 Å². The third-order valence-corrected chi connectivity index (χ3v) is 5.09. The lowest BCUT2D eigenvalue weighted by Gasteiger charge is -2.20. The second-order valence-electron chi connectivity index (χ2n) is 6.62. The van der Waals surface area contributed by atoms with Crippen LogP contribution in [0, 0.1) is 13.8 Å². The van der Waals surface area contributed by atoms with Crippen LogP contribution in [-0.4, -0.2) is 16.9 Å². The number of benzene rings is 2. The van der Waals surface area contributed by atoms with Gasteiger partial charge in [0.05, 0.1) is 11.4 Å². The molecule has 3 aromatic rings. The van der Waals surface area contributed by atoms with E-state index >= 15 is 0 Å². The van der Waals surface area contributed by atoms with Crippen LogP contribution in [-0.2, 0) is 20.9 Å². The lowest BCUT2D eigenvalue weighted by atomic mass is 10.1. The minimum absolute atomic E-state index is 0.0487. The van der Waals surface area contributed by atoms with Crippen LogP contribution in [0.1, 0.15) is 29.3 Å². The number of hydrogen-bond acceptors (Lipinski definition) is 5. The number of rotatable bonds is 6. The molecule has 1 amide bonds. The summed E-state index contributed by atoms with van der Waals surface area (Å²) in [4.78, 5) is 30.3. The van der Waals surface area contributed by atoms with E-state index in [1.807, 2.05) is 62.4 Å². The van der Waals surface area contributed by atoms with Crippen molar-refractivity contribution in [2.24, 2.45) is 0 Å². The van der Waals surface area contributed by atoms with Crippen molar-refractivity contribution < 1.29 is 14.3 Å². The molecule has 0 atom stereocenters. The fraction of sp³-hybridized carbons (Fsp3) is 0.174. The third-order valence-electron chi connectivity index (χ3n) is 4.21. The monoisotopic (exact) mass is 406 g/mol. The van der Waals surface area contributed by atoms with Crippen molar-refractivity contribution in [1.29, 1.82) is 0 Å². The number of anilines is 2. The molecule has 0 aliphatic carbocycles. The van der Waals surface area contributed by atoms with E-state index in [9.17, 15) is 9.59 Å². The minimum Gasteiger partial charge on any atom is -0.456 e. The molecular formula is C23H22N2O3S. The van der Waals surface area contributed by atoms with Crippen molar-refractivity contribution in [3.8, 4) is 0 Å². The highest BCUT2D eigenvalue weighted by atomic mass is 32.1. The van der Waals surface area contributed by atoms with Gasteiger partial charge in [0.15, 0.2) is 5.13 Å². The van der Waals surface area contributed by atoms with Crippen molar-refractivity contribution in [2.45, 2.75) is 27.4 Å². The molecule has 0 fully saturated rings. The molecule has 0 radical (unpaired) electrons. The summed E-state index contributed by atoms with van der Waals surface area (Å²) in [5, 5.41) is 2.35. The van der Waals surface area contributed by atoms with Gasteiger partial charge in [0.1, 0.15) is 6.61 Å². The molecule has 0 aliphatic rings. The summed E-state index contributed by atoms with van der Waals surface area (Å²) < 4.78 is 5.26. The van der Waals surface area contributed by atoms with Gasteiger partial charge >= 0.3 is 5.97 Å². The number of thiazole rings is 1. The molecular weight excluding hydrogens is 384 g/mol. The molecule has 148 valence electrons. The maximum absolute atomic E-state index is 12.3. The van der Waals surface area contributed by atoms with E-state index in [4.69, 9.17) is 4.74 Å². The molecule has 0 saturated carbocycles. The van der Waals surface area contributed by atoms with Crippen LogP contribution in [0.2, 0.25) is 0 Å². The van der Waals surface area contributed by atoms with E-state index in [0.717, 1.165) is 22.4 Å². The number of carbonyl (C=O) groups is 2. The summed E-state index contributed by atoms with van der Waals surface area (Å²) >= 11 is 1.34. The zero-order valence-corrected chi connectivity index (χ0v) is 17.4. The van der Waals surface area contributed by atoms with E-state index in [1.165, 1.54) is 24.3 Å². The zero-order chi connectivity index (χ0) is 20.8. The number of carbonyl (C=O) groups excluding carboxylic acids is 2. The second-order valence-corrected chi connectivity index (χ2v) is 7.45. The minimum atomic E-state index is -0.443. The van der Waals surface area contributed by atoms with Gasteiger partial charge < -0.3 is 4.74 Å². The molecule has 0 spiro atoms. The number of nitrogens with zero attached hydrogens (tertiary/aromatic N) is 2. The average molecular weight is 407 g/mol. The molecule has 6 heteroatoms. The second kappa shape index (κ2) is 9.30. The zero-order valence-electron chi connectivity index (χ0n) is 16.6. The summed E-state index contributed by atoms with van der Waals surface area (Å²) in [6.45, 7) is 5.53. The standard InChI is InChI=1S/C23H22N2O3S/c1-16-9-11-21(17(2)13-16)25(18(3)26)23-24-20(15-29-23)14-28-22(27)12-10-19-7-5-4-6-8-19/h4-13,15H,14H2,1-3H3/b12-10+. The Morgan fingerprint density at radius 2 is 1.90 bits per heavy atom. The normalized spacial score (nSPS) is 10.9. The third kappa shape index (κ3) is 5.39. The first-order valence-electron chi connectivity index (χ1n) is 9.16. The first-order chi connectivity index (χ1) is 13.9. The summed E-state index contributed by atoms with van der Waals surface area (Å²) in [6, 6.07) is 15.4. The molecule has 3 rings (SSSR count). The first-order valence-corrected chi connectivity index (χ1v) is 10.0. The Bertz CT molecular complexity index is 1040. The first kappa shape index (κ1) is 20.5. The summed E-state index contributed by atoms with van der Waals surface area (Å²) in [5.74, 6) is -0.568. The van der Waals surface area contributed by atoms with Crippen molar-refractivity contribution in [3.05, 3.63) is 82.4 Å². The van der Waals surface area contributed by atoms with Crippen molar-refractivity contribution in [3.63, 3.8) is 0 Å². The number of ether oxygens (including phenoxy) is 1. The predicted molar refractivity (Wildman–Crippen MR) is 116 cm³/mol. The van der Waals surface area contributed by atoms with Crippen molar-refractivity contribution >= 4 is 40.1 Å². The average Bonchev–Trinajstić information content (AvgIpc) is 3.16. The van der Waals surface area contributed by atoms with Gasteiger partial charge in [0, 0.05) is 18.4 Å². The predicted octanol–water partition coefficient (Wildman–Crippen LogP) is 5.20. The van der Waals surface area contributed by atoms with Gasteiger partial charge in [-0.3, -0.25) is 9.69 Å². The van der Waals surface area contributed by atoms with Crippen LogP contribution < -0.4 is 4.90 Å². The fourth-order valence-electron chi connectivity index (χ4n) is 2.85. The number of aromatic nitrogens is 1. The summed E-state index contributed by atoms with van der Waals surface area (Å²) in [6.07, 6.45) is 3.09. The molecule has 29 heavy (non-hydrogen) atoms. The molecule has 0 saturated heterocycles. The molecule has 5 nitrogen and oxygen atoms in total. The Morgan fingerprint density at radius 3 is 2.59 bits per heavy atom. The van der Waals surface area contributed by atoms with Crippen LogP contribution in [0.5, 0.6) is 0 Å². The highest BCUT2D eigenvalue weighted by Gasteiger charge is 2.20. The molecule has 0 unspecified atom stereocenters. The number of hydrogen-bond donors (Lipinski definition) is 0. The lowest BCUT2D eigenvalue weighted by molar-refractivity contribution is -0.139. The van der Waals surface area contributed by atoms with Crippen LogP contribution in [0.15, 0.2) is 60.0 Å². The lowest BCUT2D eigenvalue weighted by Crippen LogP contribution is -2.23. The van der Waals surface area contributed by atoms with Gasteiger partial charge in [-0.1, -0.05) is 48.0 Å². The SMILES string of the molecule is CC(=O)N(c1nc(COC(=O)/C=C/c2ccccc2)cs1)c1ccc(C)cc1C. The van der Waals surface area contributed by atoms with Gasteiger partial charge in [0.25, 0.3) is 0 Å². The Hall–Kier alpha value is -3.25. The Balaban J connectivity index is 1.68. The van der Waals surface area contributed by atoms with Crippen LogP contribution in [0.25, 0.3) is 6.08 Å². The number of aryl methyl sites for hydroxylation is 2. The van der Waals surface area contributed by atoms with E-state index in [-0.39, 0.29) is 12.5 Å². The summed E-state index contributed by atoms with van der Waals surface area (Å²) in [5.41, 5.74) is 4.44. The van der Waals surface area contributed by atoms with Gasteiger partial charge in [-0.15, -0.1) is 11.3 Å². The maximum atomic E-state index is 12.3. The van der Waals surface area contributed by atoms with Crippen LogP contribution in [0.3, 0.4) is 0 Å². The molecule has 0 aliphatic heterocycles. The van der Waals surface area contributed by atoms with Crippen molar-refractivity contribution in [1.82, 2.24) is 4.98 Å². The number of amides is 1. The van der Waals surface area contributed by atoms with E-state index in [1.54, 1.807) is 16.4 Å². The van der Waals surface area contributed by atoms with E-state index in [0.29, 0.717) is 10.8 Å². The van der Waals surface area contributed by atoms with E-state index < -0.39 is 5.97 Å². The maximum Gasteiger partial charge on any atom is 0.331 e. The molecule has 2 aromatic carbocycles. The molecule has 0 bridgehead atoms. The highest BCUT2D eigenvalue weighted by molar-refractivity contribution is 7.14. The quantitative estimate of drug-likeness (QED) is 0.417. The Morgan fingerprint density at radius 1 is 1.14 bits per heavy atom. The Kier molecular flexibility index (Phi) is 6.57. The molecule has 1 aromatic heterocycles. The smallest absolute Gasteiger partial charge is 0.331 e. The topological polar surface area (TPSA) is 59.5 Å². The van der Waals surface area contributed by atoms with Crippen LogP contribution >= 0.6 is 11.3 Å². The fourth-order valence-corrected chi connectivity index (χ4v) is 3.71. The number of esters is 1. The van der Waals surface area contributed by atoms with E-state index in [2.05, 4.69) is 4.98 Å². The van der Waals surface area contributed by atoms with Gasteiger partial charge in [-0.25, -0.2) is 9.78 Å².